The number of hydrogen-bond donors (Lipinski definition) is 0. The molecule has 2 heteroatoms. The van der Waals surface area contributed by atoms with E-state index in [-0.39, 0.29) is 0 Å². The SMILES string of the molecule is C1CCCCCCCCCCCCCCCN2CCCN=C2CCCCCCCCCCCCCC1. The molecular weight excluding hydrogens is 436 g/mol. The lowest BCUT2D eigenvalue weighted by Crippen LogP contribution is -2.36. The van der Waals surface area contributed by atoms with E-state index in [2.05, 4.69) is 4.90 Å². The van der Waals surface area contributed by atoms with Gasteiger partial charge in [0, 0.05) is 26.1 Å². The van der Waals surface area contributed by atoms with Gasteiger partial charge in [0.05, 0.1) is 5.84 Å². The van der Waals surface area contributed by atoms with Gasteiger partial charge in [0.1, 0.15) is 0 Å². The fraction of sp³-hybridized carbons (Fsp3) is 0.971. The van der Waals surface area contributed by atoms with Crippen LogP contribution < -0.4 is 0 Å². The van der Waals surface area contributed by atoms with E-state index in [1.165, 1.54) is 212 Å². The van der Waals surface area contributed by atoms with Gasteiger partial charge in [-0.1, -0.05) is 167 Å². The third-order valence-corrected chi connectivity index (χ3v) is 8.82. The molecule has 2 rings (SSSR count). The van der Waals surface area contributed by atoms with E-state index in [4.69, 9.17) is 4.99 Å². The Bertz CT molecular complexity index is 486. The molecule has 0 N–H and O–H groups in total. The number of fused-ring (bicyclic) bond motifs is 1. The van der Waals surface area contributed by atoms with Crippen molar-refractivity contribution in [2.45, 2.75) is 193 Å². The highest BCUT2D eigenvalue weighted by molar-refractivity contribution is 5.82. The molecule has 36 heavy (non-hydrogen) atoms. The van der Waals surface area contributed by atoms with Crippen LogP contribution in [0, 0.1) is 0 Å². The van der Waals surface area contributed by atoms with Crippen molar-refractivity contribution in [2.75, 3.05) is 19.6 Å². The zero-order valence-electron chi connectivity index (χ0n) is 24.7. The van der Waals surface area contributed by atoms with E-state index in [1.54, 1.807) is 0 Å². The monoisotopic (exact) mass is 503 g/mol. The highest BCUT2D eigenvalue weighted by Crippen LogP contribution is 2.18. The topological polar surface area (TPSA) is 15.6 Å². The summed E-state index contributed by atoms with van der Waals surface area (Å²) < 4.78 is 0. The van der Waals surface area contributed by atoms with Gasteiger partial charge >= 0.3 is 0 Å². The molecule has 0 saturated carbocycles. The van der Waals surface area contributed by atoms with Crippen molar-refractivity contribution >= 4 is 5.84 Å². The fourth-order valence-corrected chi connectivity index (χ4v) is 6.36. The van der Waals surface area contributed by atoms with Crippen molar-refractivity contribution in [1.82, 2.24) is 4.90 Å². The molecule has 0 aromatic carbocycles. The lowest BCUT2D eigenvalue weighted by atomic mass is 10.0. The highest BCUT2D eigenvalue weighted by atomic mass is 15.2. The minimum absolute atomic E-state index is 1.08. The van der Waals surface area contributed by atoms with Gasteiger partial charge in [-0.05, 0) is 19.3 Å². The van der Waals surface area contributed by atoms with Crippen LogP contribution in [0.5, 0.6) is 0 Å². The van der Waals surface area contributed by atoms with Crippen molar-refractivity contribution in [3.05, 3.63) is 0 Å². The smallest absolute Gasteiger partial charge is 0.0988 e. The molecule has 0 atom stereocenters. The Balaban J connectivity index is 1.57. The summed E-state index contributed by atoms with van der Waals surface area (Å²) in [5.41, 5.74) is 0. The molecule has 0 aliphatic carbocycles. The molecule has 0 radical (unpaired) electrons. The Morgan fingerprint density at radius 1 is 0.306 bits per heavy atom. The average molecular weight is 503 g/mol. The summed E-state index contributed by atoms with van der Waals surface area (Å²) in [6.07, 6.45) is 43.5. The second kappa shape index (κ2) is 24.8. The summed E-state index contributed by atoms with van der Waals surface area (Å²) in [5, 5.41) is 0. The van der Waals surface area contributed by atoms with Gasteiger partial charge in [0.25, 0.3) is 0 Å². The molecule has 1 fully saturated rings. The van der Waals surface area contributed by atoms with Crippen LogP contribution in [-0.2, 0) is 0 Å². The predicted molar refractivity (Wildman–Crippen MR) is 162 cm³/mol. The Hall–Kier alpha value is -0.530. The first-order valence-electron chi connectivity index (χ1n) is 17.2. The first kappa shape index (κ1) is 31.7. The Morgan fingerprint density at radius 3 is 0.944 bits per heavy atom. The van der Waals surface area contributed by atoms with Crippen LogP contribution in [-0.4, -0.2) is 30.4 Å². The Kier molecular flexibility index (Phi) is 21.8. The maximum atomic E-state index is 4.93. The van der Waals surface area contributed by atoms with Gasteiger partial charge in [-0.25, -0.2) is 0 Å². The van der Waals surface area contributed by atoms with E-state index in [1.807, 2.05) is 0 Å². The lowest BCUT2D eigenvalue weighted by molar-refractivity contribution is 0.369. The zero-order valence-corrected chi connectivity index (χ0v) is 24.7. The van der Waals surface area contributed by atoms with Gasteiger partial charge in [0.2, 0.25) is 0 Å². The minimum atomic E-state index is 1.08. The highest BCUT2D eigenvalue weighted by Gasteiger charge is 2.14. The van der Waals surface area contributed by atoms with Gasteiger partial charge < -0.3 is 4.90 Å². The molecule has 0 bridgehead atoms. The number of nitrogens with zero attached hydrogens (tertiary/aromatic N) is 2. The normalized spacial score (nSPS) is 24.4. The van der Waals surface area contributed by atoms with Crippen molar-refractivity contribution in [2.24, 2.45) is 4.99 Å². The van der Waals surface area contributed by atoms with Crippen molar-refractivity contribution in [3.8, 4) is 0 Å². The number of aliphatic imine (C=N–C) groups is 1. The van der Waals surface area contributed by atoms with Crippen molar-refractivity contribution in [1.29, 1.82) is 0 Å². The average Bonchev–Trinajstić information content (AvgIpc) is 2.90. The van der Waals surface area contributed by atoms with Gasteiger partial charge in [-0.3, -0.25) is 4.99 Å². The fourth-order valence-electron chi connectivity index (χ4n) is 6.36. The van der Waals surface area contributed by atoms with Crippen molar-refractivity contribution < 1.29 is 0 Å². The molecular formula is C34H66N2. The summed E-state index contributed by atoms with van der Waals surface area (Å²) in [7, 11) is 0. The summed E-state index contributed by atoms with van der Waals surface area (Å²) in [6.45, 7) is 3.60. The largest absolute Gasteiger partial charge is 0.360 e. The zero-order chi connectivity index (χ0) is 25.2. The molecule has 0 spiro atoms. The molecule has 2 nitrogen and oxygen atoms in total. The predicted octanol–water partition coefficient (Wildman–Crippen LogP) is 11.4. The van der Waals surface area contributed by atoms with E-state index < -0.39 is 0 Å². The maximum absolute atomic E-state index is 4.93. The first-order valence-corrected chi connectivity index (χ1v) is 17.2. The summed E-state index contributed by atoms with van der Waals surface area (Å²) in [6, 6.07) is 0. The summed E-state index contributed by atoms with van der Waals surface area (Å²) in [4.78, 5) is 7.58. The summed E-state index contributed by atoms with van der Waals surface area (Å²) in [5.74, 6) is 1.45. The molecule has 212 valence electrons. The molecule has 2 heterocycles. The van der Waals surface area contributed by atoms with E-state index >= 15 is 0 Å². The first-order chi connectivity index (χ1) is 18.0. The minimum Gasteiger partial charge on any atom is -0.360 e. The Labute approximate surface area is 227 Å². The van der Waals surface area contributed by atoms with Crippen LogP contribution >= 0.6 is 0 Å². The molecule has 0 aromatic heterocycles. The molecule has 0 amide bonds. The molecule has 2 aliphatic rings. The van der Waals surface area contributed by atoms with E-state index in [9.17, 15) is 0 Å². The van der Waals surface area contributed by atoms with Crippen LogP contribution in [0.25, 0.3) is 0 Å². The van der Waals surface area contributed by atoms with E-state index in [0.717, 1.165) is 6.54 Å². The van der Waals surface area contributed by atoms with Crippen LogP contribution in [0.3, 0.4) is 0 Å². The van der Waals surface area contributed by atoms with E-state index in [0.29, 0.717) is 0 Å². The van der Waals surface area contributed by atoms with Crippen LogP contribution in [0.1, 0.15) is 193 Å². The third kappa shape index (κ3) is 18.7. The standard InChI is InChI=1S/C34H66N2/c1-2-4-6-8-10-12-14-16-18-20-22-24-26-28-32-36-33-29-31-35-34(36)30-27-25-23-21-19-17-15-13-11-9-7-5-3-1/h1-33H2. The van der Waals surface area contributed by atoms with Crippen molar-refractivity contribution in [3.63, 3.8) is 0 Å². The molecule has 1 saturated heterocycles. The number of hydrogen-bond acceptors (Lipinski definition) is 2. The lowest BCUT2D eigenvalue weighted by Gasteiger charge is -2.29. The second-order valence-corrected chi connectivity index (χ2v) is 12.3. The number of amidine groups is 1. The molecule has 0 aromatic rings. The molecule has 0 unspecified atom stereocenters. The van der Waals surface area contributed by atoms with Crippen LogP contribution in [0.2, 0.25) is 0 Å². The quantitative estimate of drug-likeness (QED) is 0.321. The number of rotatable bonds is 0. The van der Waals surface area contributed by atoms with Gasteiger partial charge in [-0.2, -0.15) is 0 Å². The van der Waals surface area contributed by atoms with Crippen LogP contribution in [0.4, 0.5) is 0 Å². The second-order valence-electron chi connectivity index (χ2n) is 12.3. The summed E-state index contributed by atoms with van der Waals surface area (Å²) >= 11 is 0. The van der Waals surface area contributed by atoms with Gasteiger partial charge in [0.15, 0.2) is 0 Å². The van der Waals surface area contributed by atoms with Crippen LogP contribution in [0.15, 0.2) is 4.99 Å². The third-order valence-electron chi connectivity index (χ3n) is 8.82. The molecule has 2 aliphatic heterocycles. The van der Waals surface area contributed by atoms with Gasteiger partial charge in [-0.15, -0.1) is 0 Å². The maximum Gasteiger partial charge on any atom is 0.0988 e. The Morgan fingerprint density at radius 2 is 0.583 bits per heavy atom.